The number of hydrogen-bond donors (Lipinski definition) is 1. The van der Waals surface area contributed by atoms with Crippen molar-refractivity contribution in [2.45, 2.75) is 39.2 Å². The molecular weight excluding hydrogens is 508 g/mol. The van der Waals surface area contributed by atoms with E-state index in [1.165, 1.54) is 5.56 Å². The molecule has 0 spiro atoms. The predicted octanol–water partition coefficient (Wildman–Crippen LogP) is 7.46. The summed E-state index contributed by atoms with van der Waals surface area (Å²) in [5, 5.41) is 3.62. The minimum atomic E-state index is -0.364. The number of rotatable bonds is 8. The molecule has 4 aromatic rings. The molecule has 0 radical (unpaired) electrons. The van der Waals surface area contributed by atoms with Crippen molar-refractivity contribution < 1.29 is 9.59 Å². The molecule has 1 aromatic heterocycles. The zero-order valence-electron chi connectivity index (χ0n) is 22.3. The summed E-state index contributed by atoms with van der Waals surface area (Å²) in [6, 6.07) is 26.7. The third-order valence-corrected chi connectivity index (χ3v) is 7.43. The fourth-order valence-corrected chi connectivity index (χ4v) is 5.22. The molecule has 1 aliphatic rings. The Kier molecular flexibility index (Phi) is 8.03. The van der Waals surface area contributed by atoms with E-state index >= 15 is 0 Å². The zero-order valence-corrected chi connectivity index (χ0v) is 23.1. The van der Waals surface area contributed by atoms with E-state index in [2.05, 4.69) is 23.7 Å². The second-order valence-corrected chi connectivity index (χ2v) is 10.2. The van der Waals surface area contributed by atoms with Crippen molar-refractivity contribution in [1.29, 1.82) is 0 Å². The summed E-state index contributed by atoms with van der Waals surface area (Å²) in [4.78, 5) is 31.1. The van der Waals surface area contributed by atoms with E-state index in [4.69, 9.17) is 11.6 Å². The van der Waals surface area contributed by atoms with Gasteiger partial charge in [-0.05, 0) is 72.5 Å². The highest BCUT2D eigenvalue weighted by molar-refractivity contribution is 6.30. The molecule has 0 bridgehead atoms. The quantitative estimate of drug-likeness (QED) is 0.252. The van der Waals surface area contributed by atoms with E-state index < -0.39 is 0 Å². The average molecular weight is 541 g/mol. The van der Waals surface area contributed by atoms with Crippen molar-refractivity contribution >= 4 is 34.9 Å². The highest BCUT2D eigenvalue weighted by Gasteiger charge is 2.37. The molecule has 1 aliphatic heterocycles. The number of urea groups is 1. The molecule has 7 heteroatoms. The number of anilines is 2. The van der Waals surface area contributed by atoms with Gasteiger partial charge in [-0.3, -0.25) is 9.69 Å². The molecule has 0 fully saturated rings. The number of aromatic nitrogens is 1. The van der Waals surface area contributed by atoms with Crippen molar-refractivity contribution in [2.75, 3.05) is 23.3 Å². The lowest BCUT2D eigenvalue weighted by Crippen LogP contribution is -2.48. The summed E-state index contributed by atoms with van der Waals surface area (Å²) >= 11 is 6.21. The van der Waals surface area contributed by atoms with Gasteiger partial charge in [-0.15, -0.1) is 0 Å². The fraction of sp³-hybridized carbons (Fsp3) is 0.250. The maximum atomic E-state index is 14.2. The summed E-state index contributed by atoms with van der Waals surface area (Å²) < 4.78 is 2.12. The van der Waals surface area contributed by atoms with Crippen LogP contribution in [0.15, 0.2) is 91.1 Å². The number of carbonyl (C=O) groups excluding carboxylic acids is 2. The number of aryl methyl sites for hydroxylation is 1. The molecule has 5 rings (SSSR count). The van der Waals surface area contributed by atoms with Gasteiger partial charge in [-0.2, -0.15) is 0 Å². The molecule has 0 aliphatic carbocycles. The number of benzene rings is 3. The topological polar surface area (TPSA) is 57.6 Å². The Labute approximate surface area is 234 Å². The molecule has 39 heavy (non-hydrogen) atoms. The van der Waals surface area contributed by atoms with Crippen molar-refractivity contribution in [1.82, 2.24) is 9.47 Å². The average Bonchev–Trinajstić information content (AvgIpc) is 3.45. The van der Waals surface area contributed by atoms with Crippen molar-refractivity contribution in [2.24, 2.45) is 0 Å². The lowest BCUT2D eigenvalue weighted by Gasteiger charge is -2.39. The highest BCUT2D eigenvalue weighted by Crippen LogP contribution is 2.42. The lowest BCUT2D eigenvalue weighted by atomic mass is 9.97. The first kappa shape index (κ1) is 26.6. The zero-order chi connectivity index (χ0) is 27.4. The molecule has 1 N–H and O–H groups in total. The Morgan fingerprint density at radius 3 is 2.31 bits per heavy atom. The second kappa shape index (κ2) is 11.8. The summed E-state index contributed by atoms with van der Waals surface area (Å²) in [5.74, 6) is -0.151. The third kappa shape index (κ3) is 5.57. The number of para-hydroxylation sites is 2. The predicted molar refractivity (Wildman–Crippen MR) is 158 cm³/mol. The van der Waals surface area contributed by atoms with Crippen LogP contribution in [-0.4, -0.2) is 34.5 Å². The number of nitrogens with zero attached hydrogens (tertiary/aromatic N) is 3. The lowest BCUT2D eigenvalue weighted by molar-refractivity contribution is -0.119. The van der Waals surface area contributed by atoms with Gasteiger partial charge < -0.3 is 14.8 Å². The van der Waals surface area contributed by atoms with E-state index in [0.29, 0.717) is 17.3 Å². The van der Waals surface area contributed by atoms with Crippen molar-refractivity contribution in [3.8, 4) is 5.69 Å². The Morgan fingerprint density at radius 1 is 0.897 bits per heavy atom. The maximum Gasteiger partial charge on any atom is 0.322 e. The van der Waals surface area contributed by atoms with Gasteiger partial charge >= 0.3 is 6.03 Å². The summed E-state index contributed by atoms with van der Waals surface area (Å²) in [5.41, 5.74) is 5.57. The Hall–Kier alpha value is -4.03. The van der Waals surface area contributed by atoms with Gasteiger partial charge in [0.15, 0.2) is 0 Å². The first-order valence-electron chi connectivity index (χ1n) is 13.5. The van der Waals surface area contributed by atoms with E-state index in [9.17, 15) is 9.59 Å². The number of nitrogens with one attached hydrogen (secondary N) is 1. The Bertz CT molecular complexity index is 1450. The van der Waals surface area contributed by atoms with Crippen LogP contribution in [0, 0.1) is 0 Å². The van der Waals surface area contributed by atoms with E-state index in [1.54, 1.807) is 4.90 Å². The Morgan fingerprint density at radius 2 is 1.62 bits per heavy atom. The monoisotopic (exact) mass is 540 g/mol. The van der Waals surface area contributed by atoms with Crippen LogP contribution in [0.2, 0.25) is 5.02 Å². The molecule has 0 unspecified atom stereocenters. The van der Waals surface area contributed by atoms with E-state index in [1.807, 2.05) is 96.0 Å². The molecule has 3 aromatic carbocycles. The van der Waals surface area contributed by atoms with E-state index in [0.717, 1.165) is 41.9 Å². The van der Waals surface area contributed by atoms with Crippen LogP contribution in [0.1, 0.15) is 49.6 Å². The number of fused-ring (bicyclic) bond motifs is 3. The molecule has 6 nitrogen and oxygen atoms in total. The van der Waals surface area contributed by atoms with Gasteiger partial charge in [-0.1, -0.05) is 68.3 Å². The summed E-state index contributed by atoms with van der Waals surface area (Å²) in [6.45, 7) is 4.61. The standard InChI is InChI=1S/C32H33ClN4O2/c1-3-5-20-35(32(39)34-26-18-12-23(4-2)13-19-26)22-30(38)37-28-10-7-6-9-27(28)36-21-8-11-29(36)31(37)24-14-16-25(33)17-15-24/h6-19,21,31H,3-5,20,22H2,1-2H3,(H,34,39)/t31-/m0/s1. The largest absolute Gasteiger partial charge is 0.322 e. The van der Waals surface area contributed by atoms with Gasteiger partial charge in [0.25, 0.3) is 0 Å². The second-order valence-electron chi connectivity index (χ2n) is 9.77. The molecule has 0 saturated carbocycles. The highest BCUT2D eigenvalue weighted by atomic mass is 35.5. The smallest absolute Gasteiger partial charge is 0.316 e. The van der Waals surface area contributed by atoms with Gasteiger partial charge in [0.05, 0.1) is 17.1 Å². The molecule has 2 heterocycles. The van der Waals surface area contributed by atoms with Gasteiger partial charge in [0.2, 0.25) is 5.91 Å². The third-order valence-electron chi connectivity index (χ3n) is 7.18. The normalized spacial score (nSPS) is 13.9. The van der Waals surface area contributed by atoms with Crippen LogP contribution >= 0.6 is 11.6 Å². The van der Waals surface area contributed by atoms with Crippen LogP contribution in [0.4, 0.5) is 16.2 Å². The number of carbonyl (C=O) groups is 2. The molecular formula is C32H33ClN4O2. The van der Waals surface area contributed by atoms with Crippen molar-refractivity contribution in [3.63, 3.8) is 0 Å². The molecule has 3 amide bonds. The van der Waals surface area contributed by atoms with Crippen LogP contribution in [0.25, 0.3) is 5.69 Å². The first-order chi connectivity index (χ1) is 19.0. The summed E-state index contributed by atoms with van der Waals surface area (Å²) in [7, 11) is 0. The molecule has 0 saturated heterocycles. The van der Waals surface area contributed by atoms with Crippen molar-refractivity contribution in [3.05, 3.63) is 113 Å². The van der Waals surface area contributed by atoms with Crippen LogP contribution in [-0.2, 0) is 11.2 Å². The van der Waals surface area contributed by atoms with E-state index in [-0.39, 0.29) is 24.5 Å². The number of halogens is 1. The minimum Gasteiger partial charge on any atom is -0.316 e. The first-order valence-corrected chi connectivity index (χ1v) is 13.9. The van der Waals surface area contributed by atoms with Gasteiger partial charge in [0.1, 0.15) is 12.6 Å². The van der Waals surface area contributed by atoms with Gasteiger partial charge in [-0.25, -0.2) is 4.79 Å². The van der Waals surface area contributed by atoms with Crippen LogP contribution < -0.4 is 10.2 Å². The van der Waals surface area contributed by atoms with Crippen LogP contribution in [0.5, 0.6) is 0 Å². The number of amides is 3. The fourth-order valence-electron chi connectivity index (χ4n) is 5.09. The van der Waals surface area contributed by atoms with Crippen LogP contribution in [0.3, 0.4) is 0 Å². The molecule has 200 valence electrons. The van der Waals surface area contributed by atoms with Gasteiger partial charge in [0, 0.05) is 23.5 Å². The molecule has 1 atom stereocenters. The Balaban J connectivity index is 1.48. The maximum absolute atomic E-state index is 14.2. The number of unbranched alkanes of at least 4 members (excludes halogenated alkanes) is 1. The SMILES string of the molecule is CCCCN(CC(=O)N1c2ccccc2-n2cccc2[C@@H]1c1ccc(Cl)cc1)C(=O)Nc1ccc(CC)cc1. The minimum absolute atomic E-state index is 0.0436. The number of hydrogen-bond acceptors (Lipinski definition) is 2. The summed E-state index contributed by atoms with van der Waals surface area (Å²) in [6.07, 6.45) is 4.66.